The van der Waals surface area contributed by atoms with Gasteiger partial charge in [0.15, 0.2) is 0 Å². The van der Waals surface area contributed by atoms with Crippen molar-refractivity contribution in [3.8, 4) is 0 Å². The fourth-order valence-corrected chi connectivity index (χ4v) is 2.19. The van der Waals surface area contributed by atoms with Gasteiger partial charge in [0, 0.05) is 31.7 Å². The fourth-order valence-electron chi connectivity index (χ4n) is 2.19. The summed E-state index contributed by atoms with van der Waals surface area (Å²) in [6.45, 7) is 8.77. The molecule has 0 aliphatic carbocycles. The first-order valence-corrected chi connectivity index (χ1v) is 5.29. The molecule has 0 radical (unpaired) electrons. The minimum atomic E-state index is 0.625. The maximum Gasteiger partial charge on any atom is 0.0238 e. The SMILES string of the molecule is CC(C)N(CCN)[C@@H]1CCN(C)C1. The summed E-state index contributed by atoms with van der Waals surface area (Å²) in [5.41, 5.74) is 5.61. The average Bonchev–Trinajstić information content (AvgIpc) is 2.46. The van der Waals surface area contributed by atoms with Crippen LogP contribution in [0.25, 0.3) is 0 Å². The molecule has 3 heteroatoms. The predicted octanol–water partition coefficient (Wildman–Crippen LogP) is 0.360. The lowest BCUT2D eigenvalue weighted by atomic mass is 10.2. The molecule has 0 amide bonds. The molecule has 1 aliphatic rings. The zero-order valence-electron chi connectivity index (χ0n) is 9.16. The minimum Gasteiger partial charge on any atom is -0.329 e. The van der Waals surface area contributed by atoms with Gasteiger partial charge in [-0.25, -0.2) is 0 Å². The van der Waals surface area contributed by atoms with Gasteiger partial charge in [0.25, 0.3) is 0 Å². The molecular weight excluding hydrogens is 162 g/mol. The molecule has 0 unspecified atom stereocenters. The molecule has 2 N–H and O–H groups in total. The zero-order valence-corrected chi connectivity index (χ0v) is 9.16. The molecule has 0 spiro atoms. The normalized spacial score (nSPS) is 24.9. The Morgan fingerprint density at radius 2 is 2.23 bits per heavy atom. The summed E-state index contributed by atoms with van der Waals surface area (Å²) in [6, 6.07) is 1.36. The van der Waals surface area contributed by atoms with Gasteiger partial charge in [-0.05, 0) is 33.9 Å². The molecule has 1 fully saturated rings. The lowest BCUT2D eigenvalue weighted by molar-refractivity contribution is 0.160. The van der Waals surface area contributed by atoms with Gasteiger partial charge in [-0.15, -0.1) is 0 Å². The maximum absolute atomic E-state index is 5.61. The zero-order chi connectivity index (χ0) is 9.84. The van der Waals surface area contributed by atoms with E-state index in [9.17, 15) is 0 Å². The molecule has 0 aromatic heterocycles. The number of likely N-dealkylation sites (N-methyl/N-ethyl adjacent to an activating group) is 1. The minimum absolute atomic E-state index is 0.625. The van der Waals surface area contributed by atoms with E-state index < -0.39 is 0 Å². The summed E-state index contributed by atoms with van der Waals surface area (Å²) in [5, 5.41) is 0. The highest BCUT2D eigenvalue weighted by Crippen LogP contribution is 2.15. The van der Waals surface area contributed by atoms with E-state index in [0.717, 1.165) is 19.1 Å². The Morgan fingerprint density at radius 3 is 2.62 bits per heavy atom. The van der Waals surface area contributed by atoms with E-state index in [4.69, 9.17) is 5.73 Å². The molecule has 1 saturated heterocycles. The van der Waals surface area contributed by atoms with Crippen molar-refractivity contribution >= 4 is 0 Å². The summed E-state index contributed by atoms with van der Waals surface area (Å²) in [5.74, 6) is 0. The van der Waals surface area contributed by atoms with E-state index >= 15 is 0 Å². The third-order valence-corrected chi connectivity index (χ3v) is 2.89. The van der Waals surface area contributed by atoms with Crippen LogP contribution in [0.2, 0.25) is 0 Å². The third-order valence-electron chi connectivity index (χ3n) is 2.89. The van der Waals surface area contributed by atoms with Crippen LogP contribution in [-0.4, -0.2) is 55.1 Å². The number of rotatable bonds is 4. The smallest absolute Gasteiger partial charge is 0.0238 e. The molecular formula is C10H23N3. The van der Waals surface area contributed by atoms with Crippen molar-refractivity contribution in [3.63, 3.8) is 0 Å². The summed E-state index contributed by atoms with van der Waals surface area (Å²) < 4.78 is 0. The number of hydrogen-bond donors (Lipinski definition) is 1. The van der Waals surface area contributed by atoms with Gasteiger partial charge in [0.1, 0.15) is 0 Å². The Morgan fingerprint density at radius 1 is 1.54 bits per heavy atom. The third kappa shape index (κ3) is 2.93. The van der Waals surface area contributed by atoms with Crippen molar-refractivity contribution in [1.82, 2.24) is 9.80 Å². The van der Waals surface area contributed by atoms with Crippen LogP contribution in [0.15, 0.2) is 0 Å². The van der Waals surface area contributed by atoms with Gasteiger partial charge in [0.2, 0.25) is 0 Å². The Balaban J connectivity index is 2.44. The summed E-state index contributed by atoms with van der Waals surface area (Å²) in [7, 11) is 2.20. The quantitative estimate of drug-likeness (QED) is 0.686. The van der Waals surface area contributed by atoms with Crippen molar-refractivity contribution in [1.29, 1.82) is 0 Å². The largest absolute Gasteiger partial charge is 0.329 e. The number of nitrogens with zero attached hydrogens (tertiary/aromatic N) is 2. The Kier molecular flexibility index (Phi) is 4.16. The topological polar surface area (TPSA) is 32.5 Å². The van der Waals surface area contributed by atoms with E-state index in [1.807, 2.05) is 0 Å². The van der Waals surface area contributed by atoms with Crippen molar-refractivity contribution in [2.24, 2.45) is 5.73 Å². The van der Waals surface area contributed by atoms with Gasteiger partial charge >= 0.3 is 0 Å². The van der Waals surface area contributed by atoms with Gasteiger partial charge in [-0.3, -0.25) is 4.90 Å². The first-order chi connectivity index (χ1) is 6.15. The van der Waals surface area contributed by atoms with Crippen LogP contribution in [0, 0.1) is 0 Å². The van der Waals surface area contributed by atoms with Crippen molar-refractivity contribution < 1.29 is 0 Å². The predicted molar refractivity (Wildman–Crippen MR) is 56.8 cm³/mol. The highest BCUT2D eigenvalue weighted by Gasteiger charge is 2.26. The van der Waals surface area contributed by atoms with Crippen molar-refractivity contribution in [2.75, 3.05) is 33.2 Å². The molecule has 0 aromatic carbocycles. The Hall–Kier alpha value is -0.120. The van der Waals surface area contributed by atoms with Crippen LogP contribution < -0.4 is 5.73 Å². The Bertz CT molecular complexity index is 147. The Labute approximate surface area is 81.9 Å². The number of nitrogens with two attached hydrogens (primary N) is 1. The molecule has 13 heavy (non-hydrogen) atoms. The highest BCUT2D eigenvalue weighted by molar-refractivity contribution is 4.83. The molecule has 1 heterocycles. The molecule has 1 atom stereocenters. The van der Waals surface area contributed by atoms with E-state index in [2.05, 4.69) is 30.7 Å². The van der Waals surface area contributed by atoms with Crippen LogP contribution in [-0.2, 0) is 0 Å². The lowest BCUT2D eigenvalue weighted by Gasteiger charge is -2.32. The van der Waals surface area contributed by atoms with Crippen LogP contribution >= 0.6 is 0 Å². The van der Waals surface area contributed by atoms with Crippen molar-refractivity contribution in [2.45, 2.75) is 32.4 Å². The van der Waals surface area contributed by atoms with Gasteiger partial charge < -0.3 is 10.6 Å². The van der Waals surface area contributed by atoms with Gasteiger partial charge in [-0.2, -0.15) is 0 Å². The second kappa shape index (κ2) is 4.94. The van der Waals surface area contributed by atoms with E-state index in [1.54, 1.807) is 0 Å². The summed E-state index contributed by atoms with van der Waals surface area (Å²) >= 11 is 0. The second-order valence-corrected chi connectivity index (χ2v) is 4.32. The lowest BCUT2D eigenvalue weighted by Crippen LogP contribution is -2.44. The summed E-state index contributed by atoms with van der Waals surface area (Å²) in [6.07, 6.45) is 1.30. The molecule has 0 saturated carbocycles. The molecule has 1 aliphatic heterocycles. The number of hydrogen-bond acceptors (Lipinski definition) is 3. The van der Waals surface area contributed by atoms with E-state index in [-0.39, 0.29) is 0 Å². The number of likely N-dealkylation sites (tertiary alicyclic amines) is 1. The first-order valence-electron chi connectivity index (χ1n) is 5.29. The van der Waals surface area contributed by atoms with E-state index in [0.29, 0.717) is 6.04 Å². The fraction of sp³-hybridized carbons (Fsp3) is 1.00. The van der Waals surface area contributed by atoms with Crippen LogP contribution in [0.4, 0.5) is 0 Å². The maximum atomic E-state index is 5.61. The van der Waals surface area contributed by atoms with Gasteiger partial charge in [-0.1, -0.05) is 0 Å². The standard InChI is InChI=1S/C10H23N3/c1-9(2)13(7-5-11)10-4-6-12(3)8-10/h9-10H,4-8,11H2,1-3H3/t10-/m1/s1. The van der Waals surface area contributed by atoms with Crippen LogP contribution in [0.1, 0.15) is 20.3 Å². The average molecular weight is 185 g/mol. The summed E-state index contributed by atoms with van der Waals surface area (Å²) in [4.78, 5) is 4.93. The second-order valence-electron chi connectivity index (χ2n) is 4.32. The monoisotopic (exact) mass is 185 g/mol. The van der Waals surface area contributed by atoms with Crippen LogP contribution in [0.5, 0.6) is 0 Å². The van der Waals surface area contributed by atoms with Crippen LogP contribution in [0.3, 0.4) is 0 Å². The van der Waals surface area contributed by atoms with Crippen molar-refractivity contribution in [3.05, 3.63) is 0 Å². The highest BCUT2D eigenvalue weighted by atomic mass is 15.3. The molecule has 78 valence electrons. The molecule has 3 nitrogen and oxygen atoms in total. The molecule has 0 aromatic rings. The molecule has 1 rings (SSSR count). The molecule has 0 bridgehead atoms. The van der Waals surface area contributed by atoms with Gasteiger partial charge in [0.05, 0.1) is 0 Å². The first kappa shape index (κ1) is 11.0. The van der Waals surface area contributed by atoms with E-state index in [1.165, 1.54) is 19.5 Å².